The average molecular weight is 662 g/mol. The molecule has 2 aliphatic carbocycles. The summed E-state index contributed by atoms with van der Waals surface area (Å²) in [6.07, 6.45) is 11.6. The van der Waals surface area contributed by atoms with Crippen LogP contribution >= 0.6 is 11.6 Å². The summed E-state index contributed by atoms with van der Waals surface area (Å²) in [5.41, 5.74) is 1.00. The fourth-order valence-electron chi connectivity index (χ4n) is 8.04. The molecule has 2 heterocycles. The van der Waals surface area contributed by atoms with Crippen molar-refractivity contribution in [1.29, 1.82) is 0 Å². The van der Waals surface area contributed by atoms with Crippen molar-refractivity contribution in [2.75, 3.05) is 31.2 Å². The zero-order chi connectivity index (χ0) is 32.8. The van der Waals surface area contributed by atoms with Crippen molar-refractivity contribution in [3.63, 3.8) is 0 Å². The van der Waals surface area contributed by atoms with Crippen molar-refractivity contribution in [2.24, 2.45) is 5.92 Å². The molecule has 2 aromatic rings. The topological polar surface area (TPSA) is 102 Å². The number of carbonyl (C=O) groups excluding carboxylic acids is 4. The highest BCUT2D eigenvalue weighted by Gasteiger charge is 2.54. The predicted octanol–water partition coefficient (Wildman–Crippen LogP) is 5.06. The Hall–Kier alpha value is -3.59. The van der Waals surface area contributed by atoms with Crippen LogP contribution in [-0.2, 0) is 25.6 Å². The Labute approximate surface area is 283 Å². The molecule has 2 aliphatic heterocycles. The molecular weight excluding hydrogens is 614 g/mol. The minimum atomic E-state index is -0.847. The zero-order valence-electron chi connectivity index (χ0n) is 27.3. The van der Waals surface area contributed by atoms with Gasteiger partial charge in [0.1, 0.15) is 18.1 Å². The fraction of sp³-hybridized carbons (Fsp3) is 0.568. The van der Waals surface area contributed by atoms with E-state index in [1.54, 1.807) is 17.0 Å². The van der Waals surface area contributed by atoms with Gasteiger partial charge in [-0.2, -0.15) is 0 Å². The minimum absolute atomic E-state index is 0.0272. The van der Waals surface area contributed by atoms with E-state index < -0.39 is 11.6 Å². The number of halogens is 1. The molecule has 0 unspecified atom stereocenters. The molecule has 2 saturated heterocycles. The van der Waals surface area contributed by atoms with Gasteiger partial charge in [-0.25, -0.2) is 0 Å². The molecule has 0 bridgehead atoms. The van der Waals surface area contributed by atoms with E-state index in [1.165, 1.54) is 6.42 Å². The van der Waals surface area contributed by atoms with Crippen LogP contribution in [0.25, 0.3) is 0 Å². The molecule has 4 amide bonds. The number of nitrogens with one attached hydrogen (secondary N) is 2. The van der Waals surface area contributed by atoms with E-state index in [2.05, 4.69) is 15.5 Å². The number of hydrogen-bond acceptors (Lipinski definition) is 5. The maximum atomic E-state index is 14.2. The molecule has 47 heavy (non-hydrogen) atoms. The average Bonchev–Trinajstić information content (AvgIpc) is 3.36. The standard InChI is InChI=1S/C37H48ClN5O4/c38-29-18-16-27(17-19-29)24-32(40-34(45)28-10-4-1-5-11-28)35(46)41-22-20-37(21-23-41)36(47)42(26-43(37)31-14-8-3-9-15-31)25-33(44)39-30-12-6-2-7-13-30/h3,8-9,14-19,28,30,32H,1-2,4-7,10-13,20-26H2,(H,39,44)(H,40,45)/t32-/m1/s1. The Balaban J connectivity index is 1.16. The summed E-state index contributed by atoms with van der Waals surface area (Å²) in [5.74, 6) is -0.406. The smallest absolute Gasteiger partial charge is 0.250 e. The van der Waals surface area contributed by atoms with Crippen LogP contribution in [0.4, 0.5) is 5.69 Å². The Kier molecular flexibility index (Phi) is 10.7. The zero-order valence-corrected chi connectivity index (χ0v) is 28.1. The second-order valence-electron chi connectivity index (χ2n) is 13.9. The molecule has 2 N–H and O–H groups in total. The minimum Gasteiger partial charge on any atom is -0.352 e. The largest absolute Gasteiger partial charge is 0.352 e. The number of anilines is 1. The van der Waals surface area contributed by atoms with Crippen molar-refractivity contribution in [3.8, 4) is 0 Å². The van der Waals surface area contributed by atoms with Crippen LogP contribution in [0.3, 0.4) is 0 Å². The summed E-state index contributed by atoms with van der Waals surface area (Å²) in [6, 6.07) is 16.8. The first-order valence-corrected chi connectivity index (χ1v) is 18.0. The van der Waals surface area contributed by atoms with Gasteiger partial charge in [-0.1, -0.05) is 80.5 Å². The molecule has 9 nitrogen and oxygen atoms in total. The molecule has 1 spiro atoms. The Morgan fingerprint density at radius 2 is 1.49 bits per heavy atom. The second-order valence-corrected chi connectivity index (χ2v) is 14.3. The quantitative estimate of drug-likeness (QED) is 0.391. The molecular formula is C37H48ClN5O4. The first kappa shape index (κ1) is 33.3. The number of hydrogen-bond donors (Lipinski definition) is 2. The van der Waals surface area contributed by atoms with Gasteiger partial charge >= 0.3 is 0 Å². The van der Waals surface area contributed by atoms with Crippen LogP contribution in [-0.4, -0.2) is 77.4 Å². The van der Waals surface area contributed by atoms with Crippen molar-refractivity contribution in [3.05, 3.63) is 65.2 Å². The van der Waals surface area contributed by atoms with Crippen LogP contribution < -0.4 is 15.5 Å². The summed E-state index contributed by atoms with van der Waals surface area (Å²) in [4.78, 5) is 60.4. The van der Waals surface area contributed by atoms with Crippen molar-refractivity contribution in [1.82, 2.24) is 20.4 Å². The maximum Gasteiger partial charge on any atom is 0.250 e. The number of rotatable bonds is 9. The van der Waals surface area contributed by atoms with E-state index in [4.69, 9.17) is 11.6 Å². The van der Waals surface area contributed by atoms with Crippen LogP contribution in [0.2, 0.25) is 5.02 Å². The van der Waals surface area contributed by atoms with Crippen LogP contribution in [0, 0.1) is 5.92 Å². The van der Waals surface area contributed by atoms with Gasteiger partial charge in [0, 0.05) is 42.2 Å². The summed E-state index contributed by atoms with van der Waals surface area (Å²) >= 11 is 6.13. The van der Waals surface area contributed by atoms with Gasteiger partial charge in [0.05, 0.1) is 6.67 Å². The van der Waals surface area contributed by atoms with Gasteiger partial charge in [-0.15, -0.1) is 0 Å². The Morgan fingerprint density at radius 1 is 0.851 bits per heavy atom. The van der Waals surface area contributed by atoms with E-state index in [0.717, 1.165) is 69.0 Å². The lowest BCUT2D eigenvalue weighted by Gasteiger charge is -2.44. The normalized spacial score (nSPS) is 21.1. The van der Waals surface area contributed by atoms with E-state index in [0.29, 0.717) is 44.0 Å². The van der Waals surface area contributed by atoms with Crippen LogP contribution in [0.15, 0.2) is 54.6 Å². The SMILES string of the molecule is O=C(CN1CN(c2ccccc2)C2(CCN(C(=O)[C@@H](Cc3ccc(Cl)cc3)NC(=O)C3CCCCC3)CC2)C1=O)NC1CCCCC1. The molecule has 4 fully saturated rings. The molecule has 0 aromatic heterocycles. The maximum absolute atomic E-state index is 14.2. The lowest BCUT2D eigenvalue weighted by atomic mass is 9.85. The summed E-state index contributed by atoms with van der Waals surface area (Å²) in [5, 5.41) is 6.90. The monoisotopic (exact) mass is 661 g/mol. The number of carbonyl (C=O) groups is 4. The van der Waals surface area contributed by atoms with Crippen LogP contribution in [0.5, 0.6) is 0 Å². The number of nitrogens with zero attached hydrogens (tertiary/aromatic N) is 3. The Morgan fingerprint density at radius 3 is 2.15 bits per heavy atom. The summed E-state index contributed by atoms with van der Waals surface area (Å²) in [7, 11) is 0. The van der Waals surface area contributed by atoms with Gasteiger partial charge in [0.2, 0.25) is 17.7 Å². The molecule has 252 valence electrons. The van der Waals surface area contributed by atoms with E-state index in [9.17, 15) is 19.2 Å². The van der Waals surface area contributed by atoms with Crippen molar-refractivity contribution in [2.45, 2.75) is 101 Å². The van der Waals surface area contributed by atoms with Crippen LogP contribution in [0.1, 0.15) is 82.6 Å². The number of para-hydroxylation sites is 1. The van der Waals surface area contributed by atoms with Crippen molar-refractivity contribution >= 4 is 40.9 Å². The number of amides is 4. The second kappa shape index (κ2) is 15.1. The van der Waals surface area contributed by atoms with Crippen molar-refractivity contribution < 1.29 is 19.2 Å². The third-order valence-corrected chi connectivity index (χ3v) is 11.0. The number of likely N-dealkylation sites (tertiary alicyclic amines) is 1. The highest BCUT2D eigenvalue weighted by molar-refractivity contribution is 6.30. The van der Waals surface area contributed by atoms with E-state index in [1.807, 2.05) is 47.4 Å². The third kappa shape index (κ3) is 7.77. The van der Waals surface area contributed by atoms with Gasteiger partial charge in [0.15, 0.2) is 0 Å². The summed E-state index contributed by atoms with van der Waals surface area (Å²) in [6.45, 7) is 1.11. The van der Waals surface area contributed by atoms with E-state index in [-0.39, 0.29) is 42.1 Å². The van der Waals surface area contributed by atoms with Gasteiger partial charge in [0.25, 0.3) is 5.91 Å². The van der Waals surface area contributed by atoms with E-state index >= 15 is 0 Å². The highest BCUT2D eigenvalue weighted by Crippen LogP contribution is 2.39. The highest BCUT2D eigenvalue weighted by atomic mass is 35.5. The molecule has 2 aromatic carbocycles. The predicted molar refractivity (Wildman–Crippen MR) is 183 cm³/mol. The number of piperidine rings is 1. The molecule has 6 rings (SSSR count). The Bertz CT molecular complexity index is 1400. The molecule has 10 heteroatoms. The first-order chi connectivity index (χ1) is 22.8. The molecule has 1 atom stereocenters. The van der Waals surface area contributed by atoms with Gasteiger partial charge in [-0.3, -0.25) is 19.2 Å². The first-order valence-electron chi connectivity index (χ1n) is 17.6. The van der Waals surface area contributed by atoms with Gasteiger partial charge < -0.3 is 25.3 Å². The van der Waals surface area contributed by atoms with Gasteiger partial charge in [-0.05, 0) is 68.4 Å². The lowest BCUT2D eigenvalue weighted by molar-refractivity contribution is -0.142. The number of benzene rings is 2. The molecule has 4 aliphatic rings. The molecule has 2 saturated carbocycles. The molecule has 0 radical (unpaired) electrons. The third-order valence-electron chi connectivity index (χ3n) is 10.7. The lowest BCUT2D eigenvalue weighted by Crippen LogP contribution is -2.60. The summed E-state index contributed by atoms with van der Waals surface area (Å²) < 4.78 is 0. The fourth-order valence-corrected chi connectivity index (χ4v) is 8.17.